The minimum Gasteiger partial charge on any atom is -0.496 e. The van der Waals surface area contributed by atoms with Crippen LogP contribution >= 0.6 is 38.5 Å². The van der Waals surface area contributed by atoms with Gasteiger partial charge in [0.05, 0.1) is 16.2 Å². The molecule has 0 unspecified atom stereocenters. The molecule has 3 aromatic rings. The van der Waals surface area contributed by atoms with E-state index in [4.69, 9.17) is 4.74 Å². The second kappa shape index (κ2) is 9.96. The molecule has 5 nitrogen and oxygen atoms in total. The lowest BCUT2D eigenvalue weighted by Gasteiger charge is -2.10. The molecule has 30 heavy (non-hydrogen) atoms. The quantitative estimate of drug-likeness (QED) is 0.383. The lowest BCUT2D eigenvalue weighted by molar-refractivity contribution is -0.120. The number of amides is 1. The van der Waals surface area contributed by atoms with E-state index in [1.54, 1.807) is 7.11 Å². The third kappa shape index (κ3) is 4.56. The largest absolute Gasteiger partial charge is 0.496 e. The van der Waals surface area contributed by atoms with Crippen molar-refractivity contribution >= 4 is 61.2 Å². The average Bonchev–Trinajstić information content (AvgIpc) is 3.05. The second-order valence-electron chi connectivity index (χ2n) is 6.88. The number of benzene rings is 2. The van der Waals surface area contributed by atoms with Crippen molar-refractivity contribution in [1.29, 1.82) is 0 Å². The summed E-state index contributed by atoms with van der Waals surface area (Å²) in [6.45, 7) is 4.41. The number of nitrogens with one attached hydrogen (secondary N) is 1. The Balaban J connectivity index is 2.17. The van der Waals surface area contributed by atoms with Crippen molar-refractivity contribution in [3.05, 3.63) is 61.3 Å². The molecule has 2 aromatic carbocycles. The Morgan fingerprint density at radius 1 is 1.17 bits per heavy atom. The first-order valence-electron chi connectivity index (χ1n) is 9.87. The maximum absolute atomic E-state index is 13.5. The van der Waals surface area contributed by atoms with Crippen LogP contribution in [0.3, 0.4) is 0 Å². The van der Waals surface area contributed by atoms with Crippen molar-refractivity contribution in [2.24, 2.45) is 0 Å². The van der Waals surface area contributed by atoms with Crippen molar-refractivity contribution in [3.8, 4) is 5.75 Å². The van der Waals surface area contributed by atoms with Crippen LogP contribution in [0.2, 0.25) is 0 Å². The zero-order chi connectivity index (χ0) is 21.8. The second-order valence-corrected chi connectivity index (χ2v) is 8.96. The monoisotopic (exact) mass is 582 g/mol. The number of hydrogen-bond acceptors (Lipinski definition) is 3. The van der Waals surface area contributed by atoms with E-state index in [0.717, 1.165) is 36.0 Å². The van der Waals surface area contributed by atoms with Crippen molar-refractivity contribution in [3.63, 3.8) is 0 Å². The first-order chi connectivity index (χ1) is 14.4. The highest BCUT2D eigenvalue weighted by atomic mass is 127. The Bertz CT molecular complexity index is 1090. The highest BCUT2D eigenvalue weighted by Crippen LogP contribution is 2.34. The number of nitrogens with zero attached hydrogens (tertiary/aromatic N) is 1. The average molecular weight is 583 g/mol. The molecule has 1 aromatic heterocycles. The fourth-order valence-electron chi connectivity index (χ4n) is 3.62. The number of hydrogen-bond donors (Lipinski definition) is 1. The number of carbonyl (C=O) groups is 2. The topological polar surface area (TPSA) is 60.3 Å². The molecule has 0 aliphatic rings. The normalized spacial score (nSPS) is 11.0. The third-order valence-corrected chi connectivity index (χ3v) is 6.47. The summed E-state index contributed by atoms with van der Waals surface area (Å²) in [6, 6.07) is 11.4. The lowest BCUT2D eigenvalue weighted by atomic mass is 10.1. The molecule has 1 amide bonds. The SMILES string of the molecule is CCC(=O)NCCc1c(CC)n(C(=O)c2ccc(Br)cc2)c2cc(I)c(OC)cc12. The van der Waals surface area contributed by atoms with Crippen molar-refractivity contribution in [1.82, 2.24) is 9.88 Å². The van der Waals surface area contributed by atoms with Crippen LogP contribution in [0.25, 0.3) is 10.9 Å². The molecule has 1 heterocycles. The van der Waals surface area contributed by atoms with Crippen LogP contribution in [0.4, 0.5) is 0 Å². The summed E-state index contributed by atoms with van der Waals surface area (Å²) >= 11 is 5.66. The van der Waals surface area contributed by atoms with Crippen LogP contribution in [-0.4, -0.2) is 30.0 Å². The minimum absolute atomic E-state index is 0.0230. The Morgan fingerprint density at radius 3 is 2.47 bits per heavy atom. The molecule has 0 bridgehead atoms. The van der Waals surface area contributed by atoms with Gasteiger partial charge in [-0.15, -0.1) is 0 Å². The fourth-order valence-corrected chi connectivity index (χ4v) is 4.55. The van der Waals surface area contributed by atoms with Gasteiger partial charge in [-0.3, -0.25) is 14.2 Å². The van der Waals surface area contributed by atoms with Gasteiger partial charge in [-0.2, -0.15) is 0 Å². The van der Waals surface area contributed by atoms with E-state index >= 15 is 0 Å². The van der Waals surface area contributed by atoms with E-state index < -0.39 is 0 Å². The minimum atomic E-state index is -0.0610. The van der Waals surface area contributed by atoms with E-state index in [1.807, 2.05) is 47.9 Å². The highest BCUT2D eigenvalue weighted by molar-refractivity contribution is 14.1. The summed E-state index contributed by atoms with van der Waals surface area (Å²) in [5.41, 5.74) is 3.53. The molecule has 0 saturated carbocycles. The molecule has 0 spiro atoms. The first-order valence-corrected chi connectivity index (χ1v) is 11.7. The molecule has 0 atom stereocenters. The molecule has 0 saturated heterocycles. The Labute approximate surface area is 198 Å². The number of fused-ring (bicyclic) bond motifs is 1. The molecular weight excluding hydrogens is 559 g/mol. The smallest absolute Gasteiger partial charge is 0.262 e. The zero-order valence-corrected chi connectivity index (χ0v) is 21.0. The summed E-state index contributed by atoms with van der Waals surface area (Å²) in [5, 5.41) is 3.93. The predicted molar refractivity (Wildman–Crippen MR) is 131 cm³/mol. The van der Waals surface area contributed by atoms with Gasteiger partial charge < -0.3 is 10.1 Å². The van der Waals surface area contributed by atoms with E-state index in [9.17, 15) is 9.59 Å². The van der Waals surface area contributed by atoms with E-state index in [1.165, 1.54) is 0 Å². The van der Waals surface area contributed by atoms with Gasteiger partial charge in [0.2, 0.25) is 5.91 Å². The number of ether oxygens (including phenoxy) is 1. The van der Waals surface area contributed by atoms with Crippen molar-refractivity contribution in [2.45, 2.75) is 33.1 Å². The van der Waals surface area contributed by atoms with Crippen LogP contribution in [0.5, 0.6) is 5.75 Å². The van der Waals surface area contributed by atoms with Gasteiger partial charge in [-0.1, -0.05) is 29.8 Å². The molecule has 0 aliphatic carbocycles. The number of rotatable bonds is 7. The Morgan fingerprint density at radius 2 is 1.87 bits per heavy atom. The van der Waals surface area contributed by atoms with Gasteiger partial charge in [-0.25, -0.2) is 0 Å². The molecule has 0 fully saturated rings. The maximum Gasteiger partial charge on any atom is 0.262 e. The first kappa shape index (κ1) is 22.8. The molecule has 7 heteroatoms. The van der Waals surface area contributed by atoms with E-state index in [0.29, 0.717) is 31.4 Å². The maximum atomic E-state index is 13.5. The van der Waals surface area contributed by atoms with E-state index in [-0.39, 0.29) is 11.8 Å². The molecule has 158 valence electrons. The van der Waals surface area contributed by atoms with Crippen LogP contribution in [0, 0.1) is 3.57 Å². The van der Waals surface area contributed by atoms with Gasteiger partial charge in [-0.05, 0) is 77.4 Å². The highest BCUT2D eigenvalue weighted by Gasteiger charge is 2.23. The summed E-state index contributed by atoms with van der Waals surface area (Å²) in [5.74, 6) is 0.738. The molecule has 1 N–H and O–H groups in total. The zero-order valence-electron chi connectivity index (χ0n) is 17.2. The molecular formula is C23H24BrIN2O3. The van der Waals surface area contributed by atoms with Crippen LogP contribution in [0.1, 0.15) is 41.9 Å². The molecule has 3 rings (SSSR count). The Kier molecular flexibility index (Phi) is 7.57. The summed E-state index contributed by atoms with van der Waals surface area (Å²) in [4.78, 5) is 25.2. The molecule has 0 aliphatic heterocycles. The lowest BCUT2D eigenvalue weighted by Crippen LogP contribution is -2.25. The summed E-state index contributed by atoms with van der Waals surface area (Å²) < 4.78 is 9.22. The fraction of sp³-hybridized carbons (Fsp3) is 0.304. The van der Waals surface area contributed by atoms with Crippen LogP contribution in [0.15, 0.2) is 40.9 Å². The number of halogens is 2. The van der Waals surface area contributed by atoms with Crippen molar-refractivity contribution in [2.75, 3.05) is 13.7 Å². The van der Waals surface area contributed by atoms with Gasteiger partial charge in [0.1, 0.15) is 5.75 Å². The van der Waals surface area contributed by atoms with Gasteiger partial charge in [0, 0.05) is 34.1 Å². The van der Waals surface area contributed by atoms with Gasteiger partial charge >= 0.3 is 0 Å². The number of aromatic nitrogens is 1. The predicted octanol–water partition coefficient (Wildman–Crippen LogP) is 5.34. The van der Waals surface area contributed by atoms with Gasteiger partial charge in [0.15, 0.2) is 0 Å². The summed E-state index contributed by atoms with van der Waals surface area (Å²) in [7, 11) is 1.65. The third-order valence-electron chi connectivity index (χ3n) is 5.10. The number of methoxy groups -OCH3 is 1. The van der Waals surface area contributed by atoms with E-state index in [2.05, 4.69) is 50.8 Å². The molecule has 0 radical (unpaired) electrons. The van der Waals surface area contributed by atoms with Crippen LogP contribution in [-0.2, 0) is 17.6 Å². The van der Waals surface area contributed by atoms with Crippen molar-refractivity contribution < 1.29 is 14.3 Å². The number of carbonyl (C=O) groups excluding carboxylic acids is 2. The standard InChI is InChI=1S/C23H24BrIN2O3/c1-4-19-16(10-11-26-22(28)5-2)17-12-21(30-3)18(25)13-20(17)27(19)23(29)14-6-8-15(24)9-7-14/h6-9,12-13H,4-5,10-11H2,1-3H3,(H,26,28). The Hall–Kier alpha value is -1.87. The van der Waals surface area contributed by atoms with Crippen LogP contribution < -0.4 is 10.1 Å². The summed E-state index contributed by atoms with van der Waals surface area (Å²) in [6.07, 6.45) is 1.80. The van der Waals surface area contributed by atoms with Gasteiger partial charge in [0.25, 0.3) is 5.91 Å².